The van der Waals surface area contributed by atoms with Gasteiger partial charge in [0.15, 0.2) is 16.7 Å². The molecule has 0 aliphatic carbocycles. The summed E-state index contributed by atoms with van der Waals surface area (Å²) in [7, 11) is 0. The van der Waals surface area contributed by atoms with Crippen molar-refractivity contribution in [2.24, 2.45) is 0 Å². The number of aryl methyl sites for hydroxylation is 1. The summed E-state index contributed by atoms with van der Waals surface area (Å²) in [6.07, 6.45) is 0. The van der Waals surface area contributed by atoms with Gasteiger partial charge >= 0.3 is 0 Å². The average Bonchev–Trinajstić information content (AvgIpc) is 3.33. The maximum absolute atomic E-state index is 13.0. The second-order valence-electron chi connectivity index (χ2n) is 7.16. The zero-order valence-electron chi connectivity index (χ0n) is 16.0. The second-order valence-corrected chi connectivity index (χ2v) is 8.62. The number of benzene rings is 2. The summed E-state index contributed by atoms with van der Waals surface area (Å²) < 4.78 is 3.23. The number of amides is 1. The van der Waals surface area contributed by atoms with E-state index in [1.807, 2.05) is 17.9 Å². The minimum Gasteiger partial charge on any atom is -0.327 e. The van der Waals surface area contributed by atoms with E-state index >= 15 is 0 Å². The Bertz CT molecular complexity index is 1230. The SMILES string of the molecule is Cc1cccc2sc(-c3nnc4n3CCN(C(=O)c3ccc(Cl)cc3)[C@@H]4C)nc12. The highest BCUT2D eigenvalue weighted by Crippen LogP contribution is 2.34. The first kappa shape index (κ1) is 18.3. The van der Waals surface area contributed by atoms with E-state index in [4.69, 9.17) is 16.6 Å². The van der Waals surface area contributed by atoms with E-state index in [0.717, 1.165) is 32.4 Å². The Hall–Kier alpha value is -2.77. The van der Waals surface area contributed by atoms with Crippen LogP contribution < -0.4 is 0 Å². The molecule has 0 N–H and O–H groups in total. The lowest BCUT2D eigenvalue weighted by Crippen LogP contribution is -2.41. The van der Waals surface area contributed by atoms with Gasteiger partial charge in [-0.05, 0) is 49.7 Å². The van der Waals surface area contributed by atoms with E-state index in [0.29, 0.717) is 23.7 Å². The Kier molecular flexibility index (Phi) is 4.37. The molecule has 6 nitrogen and oxygen atoms in total. The first-order valence-corrected chi connectivity index (χ1v) is 10.6. The van der Waals surface area contributed by atoms with E-state index in [1.165, 1.54) is 0 Å². The molecule has 0 fully saturated rings. The highest BCUT2D eigenvalue weighted by Gasteiger charge is 2.32. The van der Waals surface area contributed by atoms with Crippen LogP contribution in [0.5, 0.6) is 0 Å². The van der Waals surface area contributed by atoms with E-state index in [2.05, 4.69) is 33.8 Å². The number of fused-ring (bicyclic) bond motifs is 2. The van der Waals surface area contributed by atoms with Crippen molar-refractivity contribution >= 4 is 39.1 Å². The number of thiazole rings is 1. The number of halogens is 1. The molecule has 0 unspecified atom stereocenters. The van der Waals surface area contributed by atoms with Crippen molar-refractivity contribution in [3.05, 3.63) is 64.4 Å². The molecule has 0 saturated heterocycles. The lowest BCUT2D eigenvalue weighted by atomic mass is 10.1. The zero-order chi connectivity index (χ0) is 20.1. The molecule has 2 aromatic carbocycles. The maximum atomic E-state index is 13.0. The van der Waals surface area contributed by atoms with Crippen LogP contribution >= 0.6 is 22.9 Å². The number of rotatable bonds is 2. The summed E-state index contributed by atoms with van der Waals surface area (Å²) >= 11 is 7.57. The molecule has 0 radical (unpaired) electrons. The Morgan fingerprint density at radius 1 is 1.14 bits per heavy atom. The Morgan fingerprint density at radius 3 is 2.69 bits per heavy atom. The van der Waals surface area contributed by atoms with E-state index < -0.39 is 0 Å². The summed E-state index contributed by atoms with van der Waals surface area (Å²) in [5.41, 5.74) is 2.78. The summed E-state index contributed by atoms with van der Waals surface area (Å²) in [4.78, 5) is 19.6. The number of carbonyl (C=O) groups excluding carboxylic acids is 1. The number of carbonyl (C=O) groups is 1. The van der Waals surface area contributed by atoms with Crippen molar-refractivity contribution in [1.29, 1.82) is 0 Å². The minimum absolute atomic E-state index is 0.0272. The van der Waals surface area contributed by atoms with Crippen LogP contribution in [0.3, 0.4) is 0 Å². The molecule has 5 rings (SSSR count). The smallest absolute Gasteiger partial charge is 0.254 e. The third kappa shape index (κ3) is 3.01. The molecule has 4 aromatic rings. The zero-order valence-corrected chi connectivity index (χ0v) is 17.5. The standard InChI is InChI=1S/C21H18ClN5OS/c1-12-4-3-5-16-17(12)23-20(29-16)19-25-24-18-13(2)26(10-11-27(18)19)21(28)14-6-8-15(22)9-7-14/h3-9,13H,10-11H2,1-2H3/t13-/m1/s1. The molecule has 1 aliphatic heterocycles. The molecule has 1 aliphatic rings. The molecule has 3 heterocycles. The topological polar surface area (TPSA) is 63.9 Å². The van der Waals surface area contributed by atoms with E-state index in [9.17, 15) is 4.79 Å². The highest BCUT2D eigenvalue weighted by molar-refractivity contribution is 7.21. The van der Waals surface area contributed by atoms with Crippen LogP contribution in [0.4, 0.5) is 0 Å². The summed E-state index contributed by atoms with van der Waals surface area (Å²) in [6.45, 7) is 5.27. The molecule has 1 atom stereocenters. The molecular formula is C21H18ClN5OS. The van der Waals surface area contributed by atoms with Gasteiger partial charge in [0.2, 0.25) is 0 Å². The van der Waals surface area contributed by atoms with Gasteiger partial charge in [-0.15, -0.1) is 21.5 Å². The molecule has 0 spiro atoms. The van der Waals surface area contributed by atoms with Gasteiger partial charge in [0.25, 0.3) is 5.91 Å². The molecule has 1 amide bonds. The van der Waals surface area contributed by atoms with Crippen molar-refractivity contribution in [2.45, 2.75) is 26.4 Å². The second kappa shape index (κ2) is 6.93. The summed E-state index contributed by atoms with van der Waals surface area (Å²) in [6, 6.07) is 13.0. The van der Waals surface area contributed by atoms with Gasteiger partial charge in [-0.3, -0.25) is 4.79 Å². The van der Waals surface area contributed by atoms with Crippen LogP contribution in [0.25, 0.3) is 21.0 Å². The molecule has 146 valence electrons. The molecule has 29 heavy (non-hydrogen) atoms. The van der Waals surface area contributed by atoms with Gasteiger partial charge in [0.1, 0.15) is 0 Å². The quantitative estimate of drug-likeness (QED) is 0.467. The lowest BCUT2D eigenvalue weighted by molar-refractivity contribution is 0.0638. The Labute approximate surface area is 176 Å². The van der Waals surface area contributed by atoms with Crippen molar-refractivity contribution < 1.29 is 4.79 Å². The molecule has 2 aromatic heterocycles. The molecule has 0 bridgehead atoms. The van der Waals surface area contributed by atoms with Crippen LogP contribution in [-0.4, -0.2) is 37.1 Å². The minimum atomic E-state index is -0.177. The fourth-order valence-corrected chi connectivity index (χ4v) is 4.92. The number of para-hydroxylation sites is 1. The third-order valence-corrected chi connectivity index (χ3v) is 6.62. The summed E-state index contributed by atoms with van der Waals surface area (Å²) in [5.74, 6) is 1.52. The van der Waals surface area contributed by atoms with Crippen LogP contribution in [0.2, 0.25) is 5.02 Å². The van der Waals surface area contributed by atoms with Gasteiger partial charge in [-0.25, -0.2) is 4.98 Å². The third-order valence-electron chi connectivity index (χ3n) is 5.35. The lowest BCUT2D eigenvalue weighted by Gasteiger charge is -2.33. The van der Waals surface area contributed by atoms with Crippen molar-refractivity contribution in [3.8, 4) is 10.8 Å². The maximum Gasteiger partial charge on any atom is 0.254 e. The van der Waals surface area contributed by atoms with Gasteiger partial charge in [-0.1, -0.05) is 23.7 Å². The highest BCUT2D eigenvalue weighted by atomic mass is 35.5. The fourth-order valence-electron chi connectivity index (χ4n) is 3.76. The fraction of sp³-hybridized carbons (Fsp3) is 0.238. The molecular weight excluding hydrogens is 406 g/mol. The average molecular weight is 424 g/mol. The molecule has 0 saturated carbocycles. The van der Waals surface area contributed by atoms with Crippen LogP contribution in [0.1, 0.15) is 34.7 Å². The first-order valence-electron chi connectivity index (χ1n) is 9.39. The Balaban J connectivity index is 1.48. The van der Waals surface area contributed by atoms with Gasteiger partial charge < -0.3 is 9.47 Å². The van der Waals surface area contributed by atoms with Crippen molar-refractivity contribution in [1.82, 2.24) is 24.6 Å². The van der Waals surface area contributed by atoms with Crippen LogP contribution in [0.15, 0.2) is 42.5 Å². The number of nitrogens with zero attached hydrogens (tertiary/aromatic N) is 5. The van der Waals surface area contributed by atoms with Gasteiger partial charge in [0.05, 0.1) is 16.3 Å². The largest absolute Gasteiger partial charge is 0.327 e. The molecule has 8 heteroatoms. The van der Waals surface area contributed by atoms with Crippen molar-refractivity contribution in [3.63, 3.8) is 0 Å². The van der Waals surface area contributed by atoms with E-state index in [1.54, 1.807) is 35.6 Å². The van der Waals surface area contributed by atoms with Crippen molar-refractivity contribution in [2.75, 3.05) is 6.54 Å². The number of hydrogen-bond acceptors (Lipinski definition) is 5. The van der Waals surface area contributed by atoms with Crippen LogP contribution in [0, 0.1) is 6.92 Å². The predicted molar refractivity (Wildman–Crippen MR) is 114 cm³/mol. The Morgan fingerprint density at radius 2 is 1.93 bits per heavy atom. The van der Waals surface area contributed by atoms with E-state index in [-0.39, 0.29) is 11.9 Å². The predicted octanol–water partition coefficient (Wildman–Crippen LogP) is 4.73. The monoisotopic (exact) mass is 423 g/mol. The van der Waals surface area contributed by atoms with Crippen LogP contribution in [-0.2, 0) is 6.54 Å². The number of aromatic nitrogens is 4. The number of hydrogen-bond donors (Lipinski definition) is 0. The van der Waals surface area contributed by atoms with Gasteiger partial charge in [0, 0.05) is 23.7 Å². The summed E-state index contributed by atoms with van der Waals surface area (Å²) in [5, 5.41) is 10.3. The first-order chi connectivity index (χ1) is 14.0. The van der Waals surface area contributed by atoms with Gasteiger partial charge in [-0.2, -0.15) is 0 Å². The normalized spacial score (nSPS) is 16.2.